The summed E-state index contributed by atoms with van der Waals surface area (Å²) < 4.78 is 36.1. The van der Waals surface area contributed by atoms with Gasteiger partial charge in [-0.15, -0.1) is 11.3 Å². The Bertz CT molecular complexity index is 264. The third-order valence-electron chi connectivity index (χ3n) is 1.42. The molecule has 0 saturated carbocycles. The average Bonchev–Trinajstić information content (AvgIpc) is 2.30. The predicted molar refractivity (Wildman–Crippen MR) is 41.9 cm³/mol. The van der Waals surface area contributed by atoms with E-state index in [-0.39, 0.29) is 6.04 Å². The van der Waals surface area contributed by atoms with Gasteiger partial charge in [0.25, 0.3) is 0 Å². The van der Waals surface area contributed by atoms with Gasteiger partial charge in [-0.25, -0.2) is 0 Å². The number of thiophene rings is 1. The molecule has 1 heterocycles. The molecule has 1 aromatic rings. The van der Waals surface area contributed by atoms with Crippen LogP contribution in [0.5, 0.6) is 0 Å². The molecule has 2 N–H and O–H groups in total. The molecule has 0 aliphatic carbocycles. The van der Waals surface area contributed by atoms with Crippen molar-refractivity contribution in [2.45, 2.75) is 19.1 Å². The first-order valence-electron chi connectivity index (χ1n) is 3.32. The highest BCUT2D eigenvalue weighted by Gasteiger charge is 2.32. The highest BCUT2D eigenvalue weighted by molar-refractivity contribution is 7.10. The molecule has 0 amide bonds. The van der Waals surface area contributed by atoms with E-state index in [4.69, 9.17) is 5.73 Å². The van der Waals surface area contributed by atoms with Gasteiger partial charge < -0.3 is 5.73 Å². The Kier molecular flexibility index (Phi) is 2.44. The Hall–Kier alpha value is -0.550. The van der Waals surface area contributed by atoms with Crippen LogP contribution in [-0.4, -0.2) is 0 Å². The third-order valence-corrected chi connectivity index (χ3v) is 2.42. The number of nitrogens with two attached hydrogens (primary N) is 1. The molecular weight excluding hydrogens is 187 g/mol. The fourth-order valence-corrected chi connectivity index (χ4v) is 1.62. The fourth-order valence-electron chi connectivity index (χ4n) is 0.738. The molecule has 0 bridgehead atoms. The number of halogens is 3. The molecule has 12 heavy (non-hydrogen) atoms. The number of rotatable bonds is 1. The summed E-state index contributed by atoms with van der Waals surface area (Å²) in [5.74, 6) is 0. The van der Waals surface area contributed by atoms with Crippen molar-refractivity contribution >= 4 is 11.3 Å². The zero-order valence-corrected chi connectivity index (χ0v) is 7.17. The molecule has 5 heteroatoms. The summed E-state index contributed by atoms with van der Waals surface area (Å²) in [6, 6.07) is 0.757. The van der Waals surface area contributed by atoms with E-state index in [1.54, 1.807) is 6.92 Å². The van der Waals surface area contributed by atoms with Crippen molar-refractivity contribution in [3.05, 3.63) is 21.9 Å². The molecule has 1 aromatic heterocycles. The minimum Gasteiger partial charge on any atom is -0.324 e. The Labute approximate surface area is 72.0 Å². The lowest BCUT2D eigenvalue weighted by Gasteiger charge is -2.01. The molecular formula is C7H8F3NS. The smallest absolute Gasteiger partial charge is 0.324 e. The molecule has 1 unspecified atom stereocenters. The normalized spacial score (nSPS) is 14.8. The van der Waals surface area contributed by atoms with Gasteiger partial charge in [0.1, 0.15) is 4.88 Å². The van der Waals surface area contributed by atoms with Gasteiger partial charge in [-0.2, -0.15) is 13.2 Å². The molecule has 0 spiro atoms. The zero-order valence-electron chi connectivity index (χ0n) is 6.35. The molecule has 1 nitrogen and oxygen atoms in total. The van der Waals surface area contributed by atoms with Crippen LogP contribution in [0.2, 0.25) is 0 Å². The topological polar surface area (TPSA) is 26.0 Å². The number of hydrogen-bond donors (Lipinski definition) is 1. The first-order valence-corrected chi connectivity index (χ1v) is 4.20. The second-order valence-corrected chi connectivity index (χ2v) is 3.44. The lowest BCUT2D eigenvalue weighted by atomic mass is 10.2. The van der Waals surface area contributed by atoms with Crippen LogP contribution in [0.15, 0.2) is 11.4 Å². The summed E-state index contributed by atoms with van der Waals surface area (Å²) >= 11 is 0.680. The van der Waals surface area contributed by atoms with E-state index >= 15 is 0 Å². The Morgan fingerprint density at radius 2 is 2.08 bits per heavy atom. The second kappa shape index (κ2) is 3.06. The summed E-state index contributed by atoms with van der Waals surface area (Å²) in [6.45, 7) is 1.65. The summed E-state index contributed by atoms with van der Waals surface area (Å²) in [5.41, 5.74) is 5.94. The molecule has 68 valence electrons. The lowest BCUT2D eigenvalue weighted by Crippen LogP contribution is -2.04. The zero-order chi connectivity index (χ0) is 9.35. The van der Waals surface area contributed by atoms with Crippen LogP contribution in [0, 0.1) is 0 Å². The lowest BCUT2D eigenvalue weighted by molar-refractivity contribution is -0.134. The van der Waals surface area contributed by atoms with Crippen molar-refractivity contribution in [2.75, 3.05) is 0 Å². The highest BCUT2D eigenvalue weighted by Crippen LogP contribution is 2.35. The summed E-state index contributed by atoms with van der Waals surface area (Å²) in [7, 11) is 0. The minimum atomic E-state index is -4.24. The molecule has 0 radical (unpaired) electrons. The molecule has 0 aliphatic heterocycles. The quantitative estimate of drug-likeness (QED) is 0.732. The first-order chi connectivity index (χ1) is 5.41. The van der Waals surface area contributed by atoms with Gasteiger partial charge >= 0.3 is 6.18 Å². The van der Waals surface area contributed by atoms with E-state index in [1.165, 1.54) is 5.38 Å². The number of hydrogen-bond acceptors (Lipinski definition) is 2. The molecule has 1 rings (SSSR count). The SMILES string of the molecule is CC(N)c1csc(C(F)(F)F)c1. The molecule has 0 saturated heterocycles. The fraction of sp³-hybridized carbons (Fsp3) is 0.429. The maximum atomic E-state index is 12.0. The summed E-state index contributed by atoms with van der Waals surface area (Å²) in [5, 5.41) is 1.44. The van der Waals surface area contributed by atoms with E-state index in [0.717, 1.165) is 6.07 Å². The Morgan fingerprint density at radius 1 is 1.50 bits per heavy atom. The Balaban J connectivity index is 2.92. The Morgan fingerprint density at radius 3 is 2.33 bits per heavy atom. The predicted octanol–water partition coefficient (Wildman–Crippen LogP) is 2.79. The summed E-state index contributed by atoms with van der Waals surface area (Å²) in [4.78, 5) is -0.588. The van der Waals surface area contributed by atoms with Crippen molar-refractivity contribution < 1.29 is 13.2 Å². The van der Waals surface area contributed by atoms with Crippen LogP contribution in [-0.2, 0) is 6.18 Å². The number of alkyl halides is 3. The van der Waals surface area contributed by atoms with Crippen molar-refractivity contribution in [3.8, 4) is 0 Å². The molecule has 0 aromatic carbocycles. The van der Waals surface area contributed by atoms with Crippen molar-refractivity contribution in [1.82, 2.24) is 0 Å². The van der Waals surface area contributed by atoms with Crippen molar-refractivity contribution in [3.63, 3.8) is 0 Å². The highest BCUT2D eigenvalue weighted by atomic mass is 32.1. The molecule has 0 aliphatic rings. The van der Waals surface area contributed by atoms with Crippen LogP contribution in [0.3, 0.4) is 0 Å². The monoisotopic (exact) mass is 195 g/mol. The van der Waals surface area contributed by atoms with Gasteiger partial charge in [-0.3, -0.25) is 0 Å². The van der Waals surface area contributed by atoms with E-state index in [9.17, 15) is 13.2 Å². The van der Waals surface area contributed by atoms with E-state index in [1.807, 2.05) is 0 Å². The van der Waals surface area contributed by atoms with Gasteiger partial charge in [0.15, 0.2) is 0 Å². The summed E-state index contributed by atoms with van der Waals surface area (Å²) in [6.07, 6.45) is -4.24. The van der Waals surface area contributed by atoms with Crippen molar-refractivity contribution in [1.29, 1.82) is 0 Å². The van der Waals surface area contributed by atoms with Crippen LogP contribution < -0.4 is 5.73 Å². The van der Waals surface area contributed by atoms with Crippen LogP contribution in [0.25, 0.3) is 0 Å². The molecule has 1 atom stereocenters. The average molecular weight is 195 g/mol. The van der Waals surface area contributed by atoms with Gasteiger partial charge in [0.2, 0.25) is 0 Å². The minimum absolute atomic E-state index is 0.336. The van der Waals surface area contributed by atoms with E-state index in [0.29, 0.717) is 16.9 Å². The van der Waals surface area contributed by atoms with Crippen molar-refractivity contribution in [2.24, 2.45) is 5.73 Å². The third kappa shape index (κ3) is 1.98. The molecule has 0 fully saturated rings. The van der Waals surface area contributed by atoms with Crippen LogP contribution in [0.4, 0.5) is 13.2 Å². The van der Waals surface area contributed by atoms with Crippen LogP contribution in [0.1, 0.15) is 23.4 Å². The van der Waals surface area contributed by atoms with E-state index in [2.05, 4.69) is 0 Å². The maximum absolute atomic E-state index is 12.0. The van der Waals surface area contributed by atoms with Gasteiger partial charge in [0.05, 0.1) is 0 Å². The standard InChI is InChI=1S/C7H8F3NS/c1-4(11)5-2-6(12-3-5)7(8,9)10/h2-4H,11H2,1H3. The first kappa shape index (κ1) is 9.54. The van der Waals surface area contributed by atoms with Gasteiger partial charge in [-0.1, -0.05) is 0 Å². The van der Waals surface area contributed by atoms with Gasteiger partial charge in [-0.05, 0) is 23.9 Å². The van der Waals surface area contributed by atoms with E-state index < -0.39 is 11.1 Å². The largest absolute Gasteiger partial charge is 0.425 e. The van der Waals surface area contributed by atoms with Crippen LogP contribution >= 0.6 is 11.3 Å². The maximum Gasteiger partial charge on any atom is 0.425 e. The second-order valence-electron chi connectivity index (χ2n) is 2.53. The van der Waals surface area contributed by atoms with Gasteiger partial charge in [0, 0.05) is 6.04 Å².